The van der Waals surface area contributed by atoms with Crippen molar-refractivity contribution in [3.8, 4) is 5.75 Å². The first kappa shape index (κ1) is 29.5. The smallest absolute Gasteiger partial charge is 0.253 e. The highest BCUT2D eigenvalue weighted by Crippen LogP contribution is 2.36. The van der Waals surface area contributed by atoms with Gasteiger partial charge < -0.3 is 20.6 Å². The minimum absolute atomic E-state index is 0.0428. The Hall–Kier alpha value is -3.78. The number of thioether (sulfide) groups is 1. The molecule has 2 atom stereocenters. The summed E-state index contributed by atoms with van der Waals surface area (Å²) in [5.41, 5.74) is 1.11. The van der Waals surface area contributed by atoms with Crippen molar-refractivity contribution in [2.45, 2.75) is 33.2 Å². The lowest BCUT2D eigenvalue weighted by atomic mass is 10.0. The molecule has 0 saturated heterocycles. The Balaban J connectivity index is 0.000000877. The normalized spacial score (nSPS) is 12.4. The van der Waals surface area contributed by atoms with Crippen molar-refractivity contribution in [3.63, 3.8) is 0 Å². The maximum absolute atomic E-state index is 12.4. The zero-order valence-electron chi connectivity index (χ0n) is 21.9. The van der Waals surface area contributed by atoms with Crippen LogP contribution >= 0.6 is 11.8 Å². The van der Waals surface area contributed by atoms with E-state index in [-0.39, 0.29) is 23.2 Å². The van der Waals surface area contributed by atoms with Crippen LogP contribution in [0.15, 0.2) is 81.1 Å². The van der Waals surface area contributed by atoms with Gasteiger partial charge in [0, 0.05) is 19.0 Å². The molecular weight excluding hydrogens is 486 g/mol. The van der Waals surface area contributed by atoms with E-state index in [9.17, 15) is 19.5 Å². The minimum atomic E-state index is -0.616. The standard InChI is InChI=1S/C26H28N2O3S.C3H7NO/c1-5-16(2)14-15-32-18(4)21(19-11-7-6-8-12-19)28-23-22(25(30)26(23)31)27-20-13-9-10-17(3)24(20)29;1-4(2)3-5/h6-16,21,27-29H,4-5H2,1-3H3;3H,1-2H3/b15-14-;. The zero-order valence-corrected chi connectivity index (χ0v) is 22.8. The van der Waals surface area contributed by atoms with Gasteiger partial charge in [0.15, 0.2) is 0 Å². The summed E-state index contributed by atoms with van der Waals surface area (Å²) < 4.78 is 0. The van der Waals surface area contributed by atoms with Crippen LogP contribution in [-0.4, -0.2) is 30.5 Å². The Morgan fingerprint density at radius 2 is 1.70 bits per heavy atom. The predicted octanol–water partition coefficient (Wildman–Crippen LogP) is 5.70. The molecule has 0 fully saturated rings. The molecule has 1 amide bonds. The van der Waals surface area contributed by atoms with E-state index >= 15 is 0 Å². The molecule has 0 spiro atoms. The Labute approximate surface area is 222 Å². The van der Waals surface area contributed by atoms with Crippen molar-refractivity contribution in [2.75, 3.05) is 24.7 Å². The Morgan fingerprint density at radius 3 is 2.30 bits per heavy atom. The van der Waals surface area contributed by atoms with Crippen molar-refractivity contribution >= 4 is 35.2 Å². The molecule has 0 aliphatic carbocycles. The molecule has 37 heavy (non-hydrogen) atoms. The van der Waals surface area contributed by atoms with Crippen molar-refractivity contribution in [1.29, 1.82) is 0 Å². The van der Waals surface area contributed by atoms with Crippen LogP contribution in [0.3, 0.4) is 0 Å². The molecule has 0 aliphatic heterocycles. The molecule has 0 aliphatic rings. The third-order valence-electron chi connectivity index (χ3n) is 5.63. The molecule has 2 unspecified atom stereocenters. The van der Waals surface area contributed by atoms with Crippen LogP contribution in [0, 0.1) is 12.8 Å². The van der Waals surface area contributed by atoms with Crippen LogP contribution < -0.4 is 21.5 Å². The summed E-state index contributed by atoms with van der Waals surface area (Å²) in [4.78, 5) is 36.4. The van der Waals surface area contributed by atoms with E-state index in [0.717, 1.165) is 23.3 Å². The molecule has 0 heterocycles. The van der Waals surface area contributed by atoms with Gasteiger partial charge in [-0.15, -0.1) is 11.8 Å². The molecule has 8 heteroatoms. The number of benzene rings is 2. The van der Waals surface area contributed by atoms with Crippen molar-refractivity contribution in [1.82, 2.24) is 4.90 Å². The first-order valence-corrected chi connectivity index (χ1v) is 12.8. The van der Waals surface area contributed by atoms with E-state index in [1.165, 1.54) is 16.7 Å². The summed E-state index contributed by atoms with van der Waals surface area (Å²) in [5.74, 6) is 0.506. The second kappa shape index (κ2) is 14.1. The highest BCUT2D eigenvalue weighted by Gasteiger charge is 2.26. The van der Waals surface area contributed by atoms with Gasteiger partial charge >= 0.3 is 0 Å². The molecule has 0 aromatic heterocycles. The van der Waals surface area contributed by atoms with Crippen LogP contribution in [0.4, 0.5) is 17.1 Å². The lowest BCUT2D eigenvalue weighted by Gasteiger charge is -2.24. The molecule has 0 bridgehead atoms. The molecule has 0 saturated carbocycles. The lowest BCUT2D eigenvalue weighted by molar-refractivity contribution is -0.115. The quantitative estimate of drug-likeness (QED) is 0.169. The third kappa shape index (κ3) is 8.11. The third-order valence-corrected chi connectivity index (χ3v) is 6.46. The van der Waals surface area contributed by atoms with Gasteiger partial charge in [-0.25, -0.2) is 0 Å². The van der Waals surface area contributed by atoms with Gasteiger partial charge in [-0.1, -0.05) is 75.4 Å². The number of allylic oxidation sites excluding steroid dienone is 1. The average Bonchev–Trinajstić information content (AvgIpc) is 2.90. The average molecular weight is 522 g/mol. The summed E-state index contributed by atoms with van der Waals surface area (Å²) in [6.07, 6.45) is 3.93. The highest BCUT2D eigenvalue weighted by molar-refractivity contribution is 8.05. The van der Waals surface area contributed by atoms with Crippen LogP contribution in [0.5, 0.6) is 5.75 Å². The van der Waals surface area contributed by atoms with E-state index in [1.54, 1.807) is 39.2 Å². The van der Waals surface area contributed by atoms with Gasteiger partial charge in [0.1, 0.15) is 17.1 Å². The zero-order chi connectivity index (χ0) is 27.5. The number of phenolic OH excluding ortho intramolecular Hbond substituents is 1. The van der Waals surface area contributed by atoms with E-state index in [1.807, 2.05) is 35.7 Å². The van der Waals surface area contributed by atoms with E-state index in [0.29, 0.717) is 17.2 Å². The predicted molar refractivity (Wildman–Crippen MR) is 155 cm³/mol. The number of amides is 1. The van der Waals surface area contributed by atoms with Crippen LogP contribution in [0.1, 0.15) is 37.4 Å². The van der Waals surface area contributed by atoms with Crippen molar-refractivity contribution < 1.29 is 9.90 Å². The molecule has 3 aromatic carbocycles. The molecule has 196 valence electrons. The van der Waals surface area contributed by atoms with Gasteiger partial charge in [0.05, 0.1) is 11.7 Å². The van der Waals surface area contributed by atoms with Crippen LogP contribution in [-0.2, 0) is 4.79 Å². The van der Waals surface area contributed by atoms with Gasteiger partial charge in [0.2, 0.25) is 6.41 Å². The Kier molecular flexibility index (Phi) is 11.2. The maximum Gasteiger partial charge on any atom is 0.253 e. The fourth-order valence-electron chi connectivity index (χ4n) is 3.15. The molecule has 0 radical (unpaired) electrons. The van der Waals surface area contributed by atoms with Gasteiger partial charge in [-0.05, 0) is 35.4 Å². The van der Waals surface area contributed by atoms with Crippen LogP contribution in [0.2, 0.25) is 0 Å². The van der Waals surface area contributed by atoms with Crippen molar-refractivity contribution in [3.05, 3.63) is 103 Å². The van der Waals surface area contributed by atoms with Gasteiger partial charge in [-0.2, -0.15) is 0 Å². The number of carbonyl (C=O) groups is 1. The number of para-hydroxylation sites is 1. The topological polar surface area (TPSA) is 98.7 Å². The fourth-order valence-corrected chi connectivity index (χ4v) is 4.00. The number of nitrogens with one attached hydrogen (secondary N) is 2. The summed E-state index contributed by atoms with van der Waals surface area (Å²) in [6.45, 7) is 10.3. The maximum atomic E-state index is 12.4. The number of phenols is 1. The molecule has 3 rings (SSSR count). The number of anilines is 3. The number of aryl methyl sites for hydroxylation is 1. The summed E-state index contributed by atoms with van der Waals surface area (Å²) >= 11 is 1.49. The Morgan fingerprint density at radius 1 is 1.08 bits per heavy atom. The number of rotatable bonds is 11. The van der Waals surface area contributed by atoms with E-state index in [2.05, 4.69) is 37.1 Å². The number of nitrogens with zero attached hydrogens (tertiary/aromatic N) is 1. The molecule has 3 aromatic rings. The van der Waals surface area contributed by atoms with Crippen molar-refractivity contribution in [2.24, 2.45) is 5.92 Å². The highest BCUT2D eigenvalue weighted by atomic mass is 32.2. The Bertz CT molecular complexity index is 1290. The lowest BCUT2D eigenvalue weighted by Crippen LogP contribution is -2.37. The SMILES string of the molecule is C=C(S/C=C\C(C)CC)C(Nc1c(Nc2cccc(C)c2O)c(=O)c1=O)c1ccccc1.CN(C)C=O. The molecule has 7 nitrogen and oxygen atoms in total. The van der Waals surface area contributed by atoms with Gasteiger partial charge in [-0.3, -0.25) is 14.4 Å². The van der Waals surface area contributed by atoms with Gasteiger partial charge in [0.25, 0.3) is 10.9 Å². The van der Waals surface area contributed by atoms with E-state index in [4.69, 9.17) is 0 Å². The fraction of sp³-hybridized carbons (Fsp3) is 0.276. The minimum Gasteiger partial charge on any atom is -0.505 e. The first-order valence-electron chi connectivity index (χ1n) is 11.9. The summed E-state index contributed by atoms with van der Waals surface area (Å²) in [7, 11) is 3.38. The molecule has 3 N–H and O–H groups in total. The number of hydrogen-bond acceptors (Lipinski definition) is 7. The monoisotopic (exact) mass is 521 g/mol. The second-order valence-electron chi connectivity index (χ2n) is 8.86. The summed E-state index contributed by atoms with van der Waals surface area (Å²) in [5, 5.41) is 18.4. The van der Waals surface area contributed by atoms with E-state index < -0.39 is 10.9 Å². The van der Waals surface area contributed by atoms with Crippen LogP contribution in [0.25, 0.3) is 0 Å². The largest absolute Gasteiger partial charge is 0.505 e. The second-order valence-corrected chi connectivity index (χ2v) is 9.89. The summed E-state index contributed by atoms with van der Waals surface area (Å²) in [6, 6.07) is 14.5. The number of hydrogen-bond donors (Lipinski definition) is 3. The molecular formula is C29H35N3O4S. The number of aromatic hydroxyl groups is 1. The first-order chi connectivity index (χ1) is 17.6. The number of carbonyl (C=O) groups excluding carboxylic acids is 1.